The molecule has 0 aliphatic carbocycles. The summed E-state index contributed by atoms with van der Waals surface area (Å²) in [5, 5.41) is 11.0. The van der Waals surface area contributed by atoms with Gasteiger partial charge in [-0.3, -0.25) is 9.59 Å². The number of carboxylic acid groups (broad SMARTS) is 1. The fourth-order valence-electron chi connectivity index (χ4n) is 1.25. The van der Waals surface area contributed by atoms with Crippen molar-refractivity contribution in [2.24, 2.45) is 0 Å². The molecule has 16 heavy (non-hydrogen) atoms. The van der Waals surface area contributed by atoms with Crippen LogP contribution in [0.5, 0.6) is 0 Å². The van der Waals surface area contributed by atoms with E-state index in [9.17, 15) is 9.59 Å². The topological polar surface area (TPSA) is 79.5 Å². The maximum atomic E-state index is 11.3. The predicted octanol–water partition coefficient (Wildman–Crippen LogP) is 1.19. The highest BCUT2D eigenvalue weighted by molar-refractivity contribution is 5.76. The number of carbonyl (C=O) groups excluding carboxylic acids is 1. The van der Waals surface area contributed by atoms with Crippen LogP contribution >= 0.6 is 0 Å². The van der Waals surface area contributed by atoms with Crippen molar-refractivity contribution < 1.29 is 19.1 Å². The molecule has 1 aromatic rings. The van der Waals surface area contributed by atoms with Crippen LogP contribution in [0.1, 0.15) is 25.0 Å². The van der Waals surface area contributed by atoms with Gasteiger partial charge in [0.05, 0.1) is 6.26 Å². The molecule has 1 aromatic heterocycles. The van der Waals surface area contributed by atoms with Crippen LogP contribution < -0.4 is 5.32 Å². The zero-order valence-electron chi connectivity index (χ0n) is 8.94. The first-order valence-corrected chi connectivity index (χ1v) is 5.19. The Balaban J connectivity index is 2.05. The molecular weight excluding hydrogens is 210 g/mol. The Morgan fingerprint density at radius 1 is 1.38 bits per heavy atom. The Kier molecular flexibility index (Phi) is 5.11. The highest BCUT2D eigenvalue weighted by atomic mass is 16.4. The number of amides is 1. The van der Waals surface area contributed by atoms with Crippen LogP contribution in [0.15, 0.2) is 22.8 Å². The molecule has 0 fully saturated rings. The lowest BCUT2D eigenvalue weighted by Gasteiger charge is -2.02. The summed E-state index contributed by atoms with van der Waals surface area (Å²) in [6, 6.07) is 3.60. The quantitative estimate of drug-likeness (QED) is 0.683. The largest absolute Gasteiger partial charge is 0.481 e. The van der Waals surface area contributed by atoms with Gasteiger partial charge >= 0.3 is 5.97 Å². The molecule has 0 radical (unpaired) electrons. The predicted molar refractivity (Wildman–Crippen MR) is 56.9 cm³/mol. The third-order valence-corrected chi connectivity index (χ3v) is 2.07. The number of furan rings is 1. The second kappa shape index (κ2) is 6.66. The van der Waals surface area contributed by atoms with Crippen molar-refractivity contribution in [2.45, 2.75) is 25.7 Å². The summed E-state index contributed by atoms with van der Waals surface area (Å²) in [4.78, 5) is 21.5. The summed E-state index contributed by atoms with van der Waals surface area (Å²) in [6.45, 7) is 0.406. The molecule has 0 bridgehead atoms. The van der Waals surface area contributed by atoms with Crippen LogP contribution in [0, 0.1) is 0 Å². The number of aryl methyl sites for hydroxylation is 1. The molecule has 1 rings (SSSR count). The normalized spacial score (nSPS) is 10.0. The molecule has 0 aliphatic rings. The average Bonchev–Trinajstić information content (AvgIpc) is 2.74. The molecule has 1 amide bonds. The van der Waals surface area contributed by atoms with Gasteiger partial charge in [-0.15, -0.1) is 0 Å². The van der Waals surface area contributed by atoms with Gasteiger partial charge in [0.25, 0.3) is 0 Å². The lowest BCUT2D eigenvalue weighted by atomic mass is 10.2. The third-order valence-electron chi connectivity index (χ3n) is 2.07. The van der Waals surface area contributed by atoms with Gasteiger partial charge in [-0.05, 0) is 18.6 Å². The van der Waals surface area contributed by atoms with E-state index in [1.165, 1.54) is 0 Å². The van der Waals surface area contributed by atoms with Crippen LogP contribution in [0.2, 0.25) is 0 Å². The molecule has 0 unspecified atom stereocenters. The van der Waals surface area contributed by atoms with Crippen molar-refractivity contribution in [3.05, 3.63) is 24.2 Å². The molecule has 2 N–H and O–H groups in total. The van der Waals surface area contributed by atoms with Gasteiger partial charge in [0.2, 0.25) is 5.91 Å². The van der Waals surface area contributed by atoms with Crippen LogP contribution in [-0.4, -0.2) is 23.5 Å². The Morgan fingerprint density at radius 2 is 2.19 bits per heavy atom. The minimum absolute atomic E-state index is 0.0817. The number of rotatable bonds is 7. The Hall–Kier alpha value is -1.78. The minimum atomic E-state index is -0.843. The fourth-order valence-corrected chi connectivity index (χ4v) is 1.25. The molecule has 1 heterocycles. The number of hydrogen-bond donors (Lipinski definition) is 2. The summed E-state index contributed by atoms with van der Waals surface area (Å²) >= 11 is 0. The molecule has 5 heteroatoms. The van der Waals surface area contributed by atoms with Gasteiger partial charge < -0.3 is 14.8 Å². The second-order valence-corrected chi connectivity index (χ2v) is 3.43. The first-order valence-electron chi connectivity index (χ1n) is 5.19. The van der Waals surface area contributed by atoms with Gasteiger partial charge in [0.15, 0.2) is 0 Å². The van der Waals surface area contributed by atoms with E-state index in [-0.39, 0.29) is 12.3 Å². The first kappa shape index (κ1) is 12.3. The fraction of sp³-hybridized carbons (Fsp3) is 0.455. The van der Waals surface area contributed by atoms with Crippen LogP contribution in [0.25, 0.3) is 0 Å². The van der Waals surface area contributed by atoms with Gasteiger partial charge in [0.1, 0.15) is 5.76 Å². The van der Waals surface area contributed by atoms with Gasteiger partial charge in [-0.1, -0.05) is 0 Å². The number of carbonyl (C=O) groups is 2. The summed E-state index contributed by atoms with van der Waals surface area (Å²) in [7, 11) is 0. The maximum absolute atomic E-state index is 11.3. The molecule has 0 saturated carbocycles. The van der Waals surface area contributed by atoms with Gasteiger partial charge in [-0.2, -0.15) is 0 Å². The van der Waals surface area contributed by atoms with Crippen molar-refractivity contribution >= 4 is 11.9 Å². The van der Waals surface area contributed by atoms with Crippen LogP contribution in [-0.2, 0) is 16.0 Å². The number of hydrogen-bond acceptors (Lipinski definition) is 3. The summed E-state index contributed by atoms with van der Waals surface area (Å²) < 4.78 is 5.08. The van der Waals surface area contributed by atoms with E-state index in [1.54, 1.807) is 12.3 Å². The van der Waals surface area contributed by atoms with Crippen molar-refractivity contribution in [2.75, 3.05) is 6.54 Å². The standard InChI is InChI=1S/C11H15NO4/c13-10(12-7-1-4-11(14)15)6-5-9-3-2-8-16-9/h2-3,8H,1,4-7H2,(H,12,13)(H,14,15). The van der Waals surface area contributed by atoms with E-state index >= 15 is 0 Å². The molecule has 0 saturated heterocycles. The average molecular weight is 225 g/mol. The number of carboxylic acids is 1. The van der Waals surface area contributed by atoms with E-state index in [0.717, 1.165) is 5.76 Å². The van der Waals surface area contributed by atoms with Gasteiger partial charge in [0, 0.05) is 25.8 Å². The van der Waals surface area contributed by atoms with Crippen molar-refractivity contribution in [3.63, 3.8) is 0 Å². The van der Waals surface area contributed by atoms with Crippen LogP contribution in [0.3, 0.4) is 0 Å². The third kappa shape index (κ3) is 5.19. The van der Waals surface area contributed by atoms with Crippen LogP contribution in [0.4, 0.5) is 0 Å². The van der Waals surface area contributed by atoms with E-state index < -0.39 is 5.97 Å². The zero-order valence-corrected chi connectivity index (χ0v) is 8.94. The molecule has 88 valence electrons. The smallest absolute Gasteiger partial charge is 0.303 e. The van der Waals surface area contributed by atoms with Crippen molar-refractivity contribution in [1.29, 1.82) is 0 Å². The highest BCUT2D eigenvalue weighted by Crippen LogP contribution is 2.03. The van der Waals surface area contributed by atoms with E-state index in [0.29, 0.717) is 25.8 Å². The molecule has 5 nitrogen and oxygen atoms in total. The Morgan fingerprint density at radius 3 is 2.81 bits per heavy atom. The maximum Gasteiger partial charge on any atom is 0.303 e. The first-order chi connectivity index (χ1) is 7.68. The summed E-state index contributed by atoms with van der Waals surface area (Å²) in [5.41, 5.74) is 0. The minimum Gasteiger partial charge on any atom is -0.481 e. The lowest BCUT2D eigenvalue weighted by molar-refractivity contribution is -0.137. The number of nitrogens with one attached hydrogen (secondary N) is 1. The van der Waals surface area contributed by atoms with Crippen molar-refractivity contribution in [3.8, 4) is 0 Å². The summed E-state index contributed by atoms with van der Waals surface area (Å²) in [5.74, 6) is -0.146. The molecule has 0 spiro atoms. The Bertz CT molecular complexity index is 332. The molecule has 0 aromatic carbocycles. The molecule has 0 atom stereocenters. The SMILES string of the molecule is O=C(O)CCCNC(=O)CCc1ccco1. The second-order valence-electron chi connectivity index (χ2n) is 3.43. The van der Waals surface area contributed by atoms with Crippen molar-refractivity contribution in [1.82, 2.24) is 5.32 Å². The zero-order chi connectivity index (χ0) is 11.8. The number of aliphatic carboxylic acids is 1. The van der Waals surface area contributed by atoms with E-state index in [1.807, 2.05) is 6.07 Å². The summed E-state index contributed by atoms with van der Waals surface area (Å²) in [6.07, 6.45) is 3.04. The lowest BCUT2D eigenvalue weighted by Crippen LogP contribution is -2.25. The monoisotopic (exact) mass is 225 g/mol. The van der Waals surface area contributed by atoms with E-state index in [2.05, 4.69) is 5.32 Å². The molecular formula is C11H15NO4. The van der Waals surface area contributed by atoms with Gasteiger partial charge in [-0.25, -0.2) is 0 Å². The molecule has 0 aliphatic heterocycles. The highest BCUT2D eigenvalue weighted by Gasteiger charge is 2.03. The van der Waals surface area contributed by atoms with E-state index in [4.69, 9.17) is 9.52 Å². The Labute approximate surface area is 93.4 Å².